The van der Waals surface area contributed by atoms with Gasteiger partial charge in [0.05, 0.1) is 15.8 Å². The molecule has 0 fully saturated rings. The maximum atomic E-state index is 12.3. The number of anilines is 1. The molecule has 1 amide bonds. The maximum Gasteiger partial charge on any atom is 0.257 e. The lowest BCUT2D eigenvalue weighted by Gasteiger charge is -2.08. The van der Waals surface area contributed by atoms with Crippen LogP contribution in [0, 0.1) is 0 Å². The molecule has 0 aliphatic heterocycles. The summed E-state index contributed by atoms with van der Waals surface area (Å²) < 4.78 is 24.2. The van der Waals surface area contributed by atoms with Gasteiger partial charge in [-0.2, -0.15) is 0 Å². The van der Waals surface area contributed by atoms with Gasteiger partial charge in [-0.05, 0) is 63.8 Å². The number of aryl methyl sites for hydroxylation is 2. The van der Waals surface area contributed by atoms with E-state index in [2.05, 4.69) is 10.3 Å². The van der Waals surface area contributed by atoms with Crippen LogP contribution in [0.15, 0.2) is 29.2 Å². The normalized spacial score (nSPS) is 14.5. The van der Waals surface area contributed by atoms with Crippen molar-refractivity contribution in [1.29, 1.82) is 0 Å². The van der Waals surface area contributed by atoms with Crippen LogP contribution in [-0.2, 0) is 22.7 Å². The van der Waals surface area contributed by atoms with Gasteiger partial charge < -0.3 is 0 Å². The number of carbonyl (C=O) groups excluding carboxylic acids is 1. The molecule has 0 radical (unpaired) electrons. The van der Waals surface area contributed by atoms with Gasteiger partial charge in [-0.25, -0.2) is 13.4 Å². The largest absolute Gasteiger partial charge is 0.298 e. The molecule has 1 aliphatic carbocycles. The van der Waals surface area contributed by atoms with Crippen LogP contribution < -0.4 is 5.32 Å². The topological polar surface area (TPSA) is 76.1 Å². The first-order chi connectivity index (χ1) is 11.4. The fourth-order valence-corrected chi connectivity index (χ4v) is 4.75. The monoisotopic (exact) mass is 364 g/mol. The Balaban J connectivity index is 1.75. The second-order valence-corrected chi connectivity index (χ2v) is 9.76. The highest BCUT2D eigenvalue weighted by molar-refractivity contribution is 7.92. The molecule has 0 spiro atoms. The van der Waals surface area contributed by atoms with Crippen LogP contribution in [-0.4, -0.2) is 24.6 Å². The van der Waals surface area contributed by atoms with E-state index < -0.39 is 15.1 Å². The van der Waals surface area contributed by atoms with Crippen molar-refractivity contribution in [2.75, 3.05) is 5.32 Å². The number of amides is 1. The number of hydrogen-bond acceptors (Lipinski definition) is 5. The minimum absolute atomic E-state index is 0.235. The highest BCUT2D eigenvalue weighted by atomic mass is 32.2. The Morgan fingerprint density at radius 2 is 1.83 bits per heavy atom. The van der Waals surface area contributed by atoms with Gasteiger partial charge in [0.2, 0.25) is 0 Å². The summed E-state index contributed by atoms with van der Waals surface area (Å²) in [4.78, 5) is 18.3. The third-order valence-corrected chi connectivity index (χ3v) is 7.38. The van der Waals surface area contributed by atoms with Gasteiger partial charge >= 0.3 is 0 Å². The van der Waals surface area contributed by atoms with E-state index in [4.69, 9.17) is 0 Å². The molecule has 128 valence electrons. The zero-order chi connectivity index (χ0) is 17.3. The van der Waals surface area contributed by atoms with Crippen molar-refractivity contribution >= 4 is 32.2 Å². The van der Waals surface area contributed by atoms with E-state index in [0.717, 1.165) is 25.0 Å². The zero-order valence-electron chi connectivity index (χ0n) is 13.7. The van der Waals surface area contributed by atoms with Crippen molar-refractivity contribution < 1.29 is 13.2 Å². The maximum absolute atomic E-state index is 12.3. The number of hydrogen-bond donors (Lipinski definition) is 1. The summed E-state index contributed by atoms with van der Waals surface area (Å²) in [7, 11) is -3.32. The number of rotatable bonds is 4. The molecule has 1 aromatic heterocycles. The number of benzene rings is 1. The summed E-state index contributed by atoms with van der Waals surface area (Å²) in [5.41, 5.74) is 1.52. The Hall–Kier alpha value is -1.73. The van der Waals surface area contributed by atoms with Crippen LogP contribution in [0.25, 0.3) is 0 Å². The molecule has 0 unspecified atom stereocenters. The molecule has 24 heavy (non-hydrogen) atoms. The second-order valence-electron chi connectivity index (χ2n) is 6.17. The number of fused-ring (bicyclic) bond motifs is 1. The van der Waals surface area contributed by atoms with E-state index in [1.165, 1.54) is 46.9 Å². The molecule has 7 heteroatoms. The van der Waals surface area contributed by atoms with E-state index in [1.807, 2.05) is 0 Å². The molecule has 0 saturated heterocycles. The highest BCUT2D eigenvalue weighted by Gasteiger charge is 2.20. The number of aromatic nitrogens is 1. The average molecular weight is 364 g/mol. The van der Waals surface area contributed by atoms with Crippen LogP contribution in [0.3, 0.4) is 0 Å². The standard InChI is InChI=1S/C17H20N2O3S2/c1-11(2)24(21,22)13-9-7-12(8-10-13)16(20)19-17-18-14-5-3-4-6-15(14)23-17/h7-11H,3-6H2,1-2H3,(H,18,19,20). The number of thiazole rings is 1. The molecule has 1 aromatic carbocycles. The summed E-state index contributed by atoms with van der Waals surface area (Å²) in [6.45, 7) is 3.28. The Morgan fingerprint density at radius 3 is 2.46 bits per heavy atom. The summed E-state index contributed by atoms with van der Waals surface area (Å²) in [5, 5.41) is 2.94. The molecular weight excluding hydrogens is 344 g/mol. The lowest BCUT2D eigenvalue weighted by molar-refractivity contribution is 0.102. The molecule has 1 aliphatic rings. The van der Waals surface area contributed by atoms with Gasteiger partial charge in [-0.1, -0.05) is 0 Å². The van der Waals surface area contributed by atoms with E-state index in [-0.39, 0.29) is 10.8 Å². The van der Waals surface area contributed by atoms with Gasteiger partial charge in [-0.15, -0.1) is 11.3 Å². The molecule has 0 bridgehead atoms. The third kappa shape index (κ3) is 3.37. The number of sulfone groups is 1. The SMILES string of the molecule is CC(C)S(=O)(=O)c1ccc(C(=O)Nc2nc3c(s2)CCCC3)cc1. The first kappa shape index (κ1) is 17.1. The predicted molar refractivity (Wildman–Crippen MR) is 95.5 cm³/mol. The highest BCUT2D eigenvalue weighted by Crippen LogP contribution is 2.29. The van der Waals surface area contributed by atoms with Crippen molar-refractivity contribution in [3.63, 3.8) is 0 Å². The summed E-state index contributed by atoms with van der Waals surface area (Å²) in [5.74, 6) is -0.269. The number of nitrogens with one attached hydrogen (secondary N) is 1. The molecule has 5 nitrogen and oxygen atoms in total. The first-order valence-corrected chi connectivity index (χ1v) is 10.4. The van der Waals surface area contributed by atoms with Crippen molar-refractivity contribution in [2.45, 2.75) is 49.7 Å². The van der Waals surface area contributed by atoms with E-state index in [0.29, 0.717) is 10.7 Å². The Kier molecular flexibility index (Phi) is 4.73. The minimum atomic E-state index is -3.32. The van der Waals surface area contributed by atoms with Gasteiger partial charge in [-0.3, -0.25) is 10.1 Å². The Morgan fingerprint density at radius 1 is 1.17 bits per heavy atom. The van der Waals surface area contributed by atoms with Crippen LogP contribution in [0.2, 0.25) is 0 Å². The van der Waals surface area contributed by atoms with Crippen molar-refractivity contribution in [3.05, 3.63) is 40.4 Å². The summed E-state index contributed by atoms with van der Waals surface area (Å²) in [6.07, 6.45) is 4.33. The van der Waals surface area contributed by atoms with Crippen LogP contribution in [0.1, 0.15) is 47.6 Å². The molecule has 3 rings (SSSR count). The van der Waals surface area contributed by atoms with Crippen LogP contribution in [0.5, 0.6) is 0 Å². The van der Waals surface area contributed by atoms with E-state index >= 15 is 0 Å². The molecule has 2 aromatic rings. The van der Waals surface area contributed by atoms with Crippen LogP contribution in [0.4, 0.5) is 5.13 Å². The van der Waals surface area contributed by atoms with Crippen molar-refractivity contribution in [2.24, 2.45) is 0 Å². The average Bonchev–Trinajstić information content (AvgIpc) is 2.97. The van der Waals surface area contributed by atoms with E-state index in [1.54, 1.807) is 13.8 Å². The number of nitrogens with zero attached hydrogens (tertiary/aromatic N) is 1. The quantitative estimate of drug-likeness (QED) is 0.901. The smallest absolute Gasteiger partial charge is 0.257 e. The number of carbonyl (C=O) groups is 1. The predicted octanol–water partition coefficient (Wildman–Crippen LogP) is 3.46. The zero-order valence-corrected chi connectivity index (χ0v) is 15.3. The molecule has 1 heterocycles. The first-order valence-electron chi connectivity index (χ1n) is 8.02. The van der Waals surface area contributed by atoms with Crippen molar-refractivity contribution in [1.82, 2.24) is 4.98 Å². The lowest BCUT2D eigenvalue weighted by Crippen LogP contribution is -2.15. The molecule has 0 atom stereocenters. The fraction of sp³-hybridized carbons (Fsp3) is 0.412. The van der Waals surface area contributed by atoms with Gasteiger partial charge in [0, 0.05) is 10.4 Å². The van der Waals surface area contributed by atoms with E-state index in [9.17, 15) is 13.2 Å². The van der Waals surface area contributed by atoms with Crippen molar-refractivity contribution in [3.8, 4) is 0 Å². The molecular formula is C17H20N2O3S2. The summed E-state index contributed by atoms with van der Waals surface area (Å²) >= 11 is 1.53. The van der Waals surface area contributed by atoms with Gasteiger partial charge in [0.25, 0.3) is 5.91 Å². The third-order valence-electron chi connectivity index (χ3n) is 4.13. The lowest BCUT2D eigenvalue weighted by atomic mass is 10.0. The Bertz CT molecular complexity index is 829. The Labute approximate surface area is 146 Å². The molecule has 1 N–H and O–H groups in total. The van der Waals surface area contributed by atoms with Gasteiger partial charge in [0.1, 0.15) is 0 Å². The van der Waals surface area contributed by atoms with Gasteiger partial charge in [0.15, 0.2) is 15.0 Å². The fourth-order valence-electron chi connectivity index (χ4n) is 2.64. The minimum Gasteiger partial charge on any atom is -0.298 e. The second kappa shape index (κ2) is 6.64. The van der Waals surface area contributed by atoms with Crippen LogP contribution >= 0.6 is 11.3 Å². The molecule has 0 saturated carbocycles. The summed E-state index contributed by atoms with van der Waals surface area (Å²) in [6, 6.07) is 6.05.